The van der Waals surface area contributed by atoms with Crippen LogP contribution in [0.25, 0.3) is 10.2 Å². The van der Waals surface area contributed by atoms with Gasteiger partial charge in [0.25, 0.3) is 5.91 Å². The van der Waals surface area contributed by atoms with Crippen molar-refractivity contribution in [3.05, 3.63) is 76.7 Å². The molecule has 3 heterocycles. The van der Waals surface area contributed by atoms with E-state index in [1.165, 1.54) is 16.2 Å². The summed E-state index contributed by atoms with van der Waals surface area (Å²) in [5, 5.41) is 0.550. The highest BCUT2D eigenvalue weighted by atomic mass is 79.9. The molecule has 0 radical (unpaired) electrons. The van der Waals surface area contributed by atoms with Gasteiger partial charge in [-0.15, -0.1) is 0 Å². The Labute approximate surface area is 195 Å². The summed E-state index contributed by atoms with van der Waals surface area (Å²) in [4.78, 5) is 44.8. The van der Waals surface area contributed by atoms with Crippen molar-refractivity contribution < 1.29 is 18.8 Å². The van der Waals surface area contributed by atoms with Crippen LogP contribution in [0.1, 0.15) is 29.0 Å². The molecular formula is C23H16BrN3O4S. The van der Waals surface area contributed by atoms with Crippen LogP contribution in [0.2, 0.25) is 0 Å². The van der Waals surface area contributed by atoms with Crippen LogP contribution < -0.4 is 9.80 Å². The minimum atomic E-state index is -0.259. The Kier molecular flexibility index (Phi) is 5.36. The zero-order valence-electron chi connectivity index (χ0n) is 16.7. The summed E-state index contributed by atoms with van der Waals surface area (Å²) in [6.45, 7) is 0.220. The summed E-state index contributed by atoms with van der Waals surface area (Å²) in [5.41, 5.74) is 1.68. The Morgan fingerprint density at radius 1 is 1.09 bits per heavy atom. The number of rotatable bonds is 5. The van der Waals surface area contributed by atoms with E-state index < -0.39 is 0 Å². The molecule has 0 N–H and O–H groups in total. The predicted molar refractivity (Wildman–Crippen MR) is 125 cm³/mol. The number of fused-ring (bicyclic) bond motifs is 1. The molecule has 0 unspecified atom stereocenters. The molecule has 9 heteroatoms. The highest BCUT2D eigenvalue weighted by Crippen LogP contribution is 2.33. The number of anilines is 2. The molecule has 1 saturated heterocycles. The summed E-state index contributed by atoms with van der Waals surface area (Å²) in [6, 6.07) is 15.8. The lowest BCUT2D eigenvalue weighted by Crippen LogP contribution is -2.31. The molecule has 0 bridgehead atoms. The summed E-state index contributed by atoms with van der Waals surface area (Å²) in [6.07, 6.45) is 1.99. The third kappa shape index (κ3) is 3.85. The molecule has 3 amide bonds. The predicted octanol–water partition coefficient (Wildman–Crippen LogP) is 5.15. The first-order valence-corrected chi connectivity index (χ1v) is 11.5. The highest BCUT2D eigenvalue weighted by Gasteiger charge is 2.30. The lowest BCUT2D eigenvalue weighted by atomic mass is 10.1. The fraction of sp³-hybridized carbons (Fsp3) is 0.130. The molecule has 1 fully saturated rings. The minimum Gasteiger partial charge on any atom is -0.467 e. The fourth-order valence-corrected chi connectivity index (χ4v) is 5.07. The number of amides is 3. The quantitative estimate of drug-likeness (QED) is 0.347. The van der Waals surface area contributed by atoms with Crippen molar-refractivity contribution >= 4 is 66.0 Å². The van der Waals surface area contributed by atoms with Gasteiger partial charge in [0.05, 0.1) is 28.7 Å². The average Bonchev–Trinajstić information content (AvgIpc) is 3.52. The Balaban J connectivity index is 1.48. The maximum atomic E-state index is 13.5. The Hall–Kier alpha value is -3.30. The number of aromatic nitrogens is 1. The number of nitrogens with zero attached hydrogens (tertiary/aromatic N) is 3. The van der Waals surface area contributed by atoms with Gasteiger partial charge in [0.2, 0.25) is 11.8 Å². The topological polar surface area (TPSA) is 83.7 Å². The van der Waals surface area contributed by atoms with E-state index in [1.54, 1.807) is 47.6 Å². The van der Waals surface area contributed by atoms with E-state index >= 15 is 0 Å². The van der Waals surface area contributed by atoms with Crippen molar-refractivity contribution in [1.82, 2.24) is 4.98 Å². The first kappa shape index (κ1) is 20.6. The molecule has 5 rings (SSSR count). The van der Waals surface area contributed by atoms with E-state index in [0.29, 0.717) is 22.1 Å². The number of furan rings is 1. The molecular weight excluding hydrogens is 494 g/mol. The van der Waals surface area contributed by atoms with Crippen molar-refractivity contribution in [2.24, 2.45) is 0 Å². The van der Waals surface area contributed by atoms with Gasteiger partial charge in [-0.1, -0.05) is 27.3 Å². The number of halogens is 1. The molecule has 0 aliphatic carbocycles. The van der Waals surface area contributed by atoms with Crippen molar-refractivity contribution in [3.8, 4) is 0 Å². The molecule has 7 nitrogen and oxygen atoms in total. The van der Waals surface area contributed by atoms with Gasteiger partial charge < -0.3 is 4.42 Å². The first-order chi connectivity index (χ1) is 15.5. The van der Waals surface area contributed by atoms with Crippen LogP contribution >= 0.6 is 27.3 Å². The number of imide groups is 1. The summed E-state index contributed by atoms with van der Waals surface area (Å²) in [5.74, 6) is -0.0860. The van der Waals surface area contributed by atoms with E-state index in [2.05, 4.69) is 20.9 Å². The molecule has 2 aromatic heterocycles. The second-order valence-corrected chi connectivity index (χ2v) is 9.17. The summed E-state index contributed by atoms with van der Waals surface area (Å²) < 4.78 is 7.36. The van der Waals surface area contributed by atoms with Gasteiger partial charge in [-0.25, -0.2) is 4.98 Å². The van der Waals surface area contributed by atoms with Crippen LogP contribution in [-0.4, -0.2) is 22.7 Å². The number of hydrogen-bond acceptors (Lipinski definition) is 6. The minimum absolute atomic E-state index is 0.212. The summed E-state index contributed by atoms with van der Waals surface area (Å²) >= 11 is 4.88. The molecule has 0 atom stereocenters. The normalized spacial score (nSPS) is 13.8. The van der Waals surface area contributed by atoms with Crippen LogP contribution in [0, 0.1) is 0 Å². The lowest BCUT2D eigenvalue weighted by Gasteiger charge is -2.19. The van der Waals surface area contributed by atoms with Crippen molar-refractivity contribution in [2.75, 3.05) is 9.80 Å². The van der Waals surface area contributed by atoms with Crippen LogP contribution in [-0.2, 0) is 16.1 Å². The van der Waals surface area contributed by atoms with Crippen LogP contribution in [0.3, 0.4) is 0 Å². The fourth-order valence-electron chi connectivity index (χ4n) is 3.56. The molecule has 160 valence electrons. The molecule has 0 spiro atoms. The lowest BCUT2D eigenvalue weighted by molar-refractivity contribution is -0.121. The van der Waals surface area contributed by atoms with E-state index in [0.717, 1.165) is 14.7 Å². The third-order valence-corrected chi connectivity index (χ3v) is 6.67. The SMILES string of the molecule is O=C(c1ccc(N2C(=O)CCC2=O)cc1)N(Cc1ccco1)c1nc2ccc(Br)cc2s1. The second kappa shape index (κ2) is 8.33. The van der Waals surface area contributed by atoms with Gasteiger partial charge in [0.1, 0.15) is 5.76 Å². The standard InChI is InChI=1S/C23H16BrN3O4S/c24-15-5-8-18-19(12-15)32-23(25-18)26(13-17-2-1-11-31-17)22(30)14-3-6-16(7-4-14)27-20(28)9-10-21(27)29/h1-8,11-12H,9-10,13H2. The van der Waals surface area contributed by atoms with E-state index in [-0.39, 0.29) is 37.1 Å². The number of hydrogen-bond donors (Lipinski definition) is 0. The monoisotopic (exact) mass is 509 g/mol. The smallest absolute Gasteiger partial charge is 0.260 e. The Bertz CT molecular complexity index is 1320. The molecule has 0 saturated carbocycles. The zero-order chi connectivity index (χ0) is 22.2. The molecule has 1 aliphatic rings. The van der Waals surface area contributed by atoms with Crippen LogP contribution in [0.4, 0.5) is 10.8 Å². The van der Waals surface area contributed by atoms with Gasteiger partial charge in [0, 0.05) is 22.9 Å². The number of carbonyl (C=O) groups excluding carboxylic acids is 3. The van der Waals surface area contributed by atoms with Gasteiger partial charge in [-0.2, -0.15) is 0 Å². The molecule has 2 aromatic carbocycles. The Morgan fingerprint density at radius 3 is 2.53 bits per heavy atom. The number of thiazole rings is 1. The van der Waals surface area contributed by atoms with Crippen LogP contribution in [0.5, 0.6) is 0 Å². The maximum Gasteiger partial charge on any atom is 0.260 e. The molecule has 32 heavy (non-hydrogen) atoms. The second-order valence-electron chi connectivity index (χ2n) is 7.25. The number of benzene rings is 2. The number of carbonyl (C=O) groups is 3. The van der Waals surface area contributed by atoms with Crippen LogP contribution in [0.15, 0.2) is 69.8 Å². The van der Waals surface area contributed by atoms with Gasteiger partial charge in [-0.05, 0) is 54.6 Å². The van der Waals surface area contributed by atoms with E-state index in [4.69, 9.17) is 4.42 Å². The molecule has 1 aliphatic heterocycles. The first-order valence-electron chi connectivity index (χ1n) is 9.86. The van der Waals surface area contributed by atoms with E-state index in [9.17, 15) is 14.4 Å². The molecule has 4 aromatic rings. The van der Waals surface area contributed by atoms with Gasteiger partial charge >= 0.3 is 0 Å². The largest absolute Gasteiger partial charge is 0.467 e. The Morgan fingerprint density at radius 2 is 1.84 bits per heavy atom. The highest BCUT2D eigenvalue weighted by molar-refractivity contribution is 9.10. The van der Waals surface area contributed by atoms with Crippen molar-refractivity contribution in [1.29, 1.82) is 0 Å². The van der Waals surface area contributed by atoms with Crippen molar-refractivity contribution in [2.45, 2.75) is 19.4 Å². The van der Waals surface area contributed by atoms with Gasteiger partial charge in [0.15, 0.2) is 5.13 Å². The average molecular weight is 510 g/mol. The van der Waals surface area contributed by atoms with Gasteiger partial charge in [-0.3, -0.25) is 24.2 Å². The zero-order valence-corrected chi connectivity index (χ0v) is 19.1. The van der Waals surface area contributed by atoms with E-state index in [1.807, 2.05) is 18.2 Å². The third-order valence-electron chi connectivity index (χ3n) is 5.13. The maximum absolute atomic E-state index is 13.5. The summed E-state index contributed by atoms with van der Waals surface area (Å²) in [7, 11) is 0. The van der Waals surface area contributed by atoms with Crippen molar-refractivity contribution in [3.63, 3.8) is 0 Å².